The van der Waals surface area contributed by atoms with Gasteiger partial charge in [0.05, 0.1) is 6.42 Å². The minimum Gasteiger partial charge on any atom is -0.481 e. The van der Waals surface area contributed by atoms with E-state index in [4.69, 9.17) is 5.11 Å². The predicted molar refractivity (Wildman–Crippen MR) is 54.8 cm³/mol. The van der Waals surface area contributed by atoms with Crippen molar-refractivity contribution >= 4 is 5.97 Å². The summed E-state index contributed by atoms with van der Waals surface area (Å²) in [5.41, 5.74) is -0.152. The third-order valence-electron chi connectivity index (χ3n) is 2.03. The molecule has 0 amide bonds. The van der Waals surface area contributed by atoms with Crippen molar-refractivity contribution in [1.29, 1.82) is 0 Å². The summed E-state index contributed by atoms with van der Waals surface area (Å²) in [5.74, 6) is -0.403. The van der Waals surface area contributed by atoms with Gasteiger partial charge >= 0.3 is 5.97 Å². The lowest BCUT2D eigenvalue weighted by molar-refractivity contribution is -0.136. The van der Waals surface area contributed by atoms with Crippen LogP contribution in [0, 0.1) is 0 Å². The highest BCUT2D eigenvalue weighted by molar-refractivity contribution is 5.69. The third-order valence-corrected chi connectivity index (χ3v) is 2.03. The van der Waals surface area contributed by atoms with Gasteiger partial charge in [0.15, 0.2) is 0 Å². The van der Waals surface area contributed by atoms with E-state index in [1.54, 1.807) is 0 Å². The maximum Gasteiger partial charge on any atom is 0.308 e. The number of carboxylic acids is 1. The first-order valence-corrected chi connectivity index (χ1v) is 4.92. The minimum atomic E-state index is -1.02. The first-order chi connectivity index (χ1) is 7.13. The number of aryl methyl sites for hydroxylation is 1. The maximum atomic E-state index is 11.4. The molecule has 0 saturated heterocycles. The molecule has 1 aromatic rings. The van der Waals surface area contributed by atoms with Gasteiger partial charge in [0.25, 0.3) is 5.56 Å². The number of aromatic amines is 1. The Morgan fingerprint density at radius 3 is 2.87 bits per heavy atom. The SMILES string of the molecule is CCCCc1ncc(CC(=O)O)c(=O)[nH]1. The number of hydrogen-bond donors (Lipinski definition) is 2. The van der Waals surface area contributed by atoms with Gasteiger partial charge in [-0.2, -0.15) is 0 Å². The lowest BCUT2D eigenvalue weighted by Gasteiger charge is -2.00. The molecular weight excluding hydrogens is 196 g/mol. The Hall–Kier alpha value is -1.65. The fourth-order valence-electron chi connectivity index (χ4n) is 1.22. The van der Waals surface area contributed by atoms with E-state index in [2.05, 4.69) is 16.9 Å². The van der Waals surface area contributed by atoms with Crippen LogP contribution in [0.4, 0.5) is 0 Å². The number of nitrogens with zero attached hydrogens (tertiary/aromatic N) is 1. The second-order valence-corrected chi connectivity index (χ2v) is 3.36. The minimum absolute atomic E-state index is 0.197. The molecule has 1 heterocycles. The smallest absolute Gasteiger partial charge is 0.308 e. The summed E-state index contributed by atoms with van der Waals surface area (Å²) in [6, 6.07) is 0. The lowest BCUT2D eigenvalue weighted by atomic mass is 10.2. The Morgan fingerprint density at radius 1 is 1.60 bits per heavy atom. The summed E-state index contributed by atoms with van der Waals surface area (Å²) in [5, 5.41) is 8.52. The molecular formula is C10H14N2O3. The third kappa shape index (κ3) is 3.53. The Balaban J connectivity index is 2.79. The van der Waals surface area contributed by atoms with Crippen molar-refractivity contribution in [2.75, 3.05) is 0 Å². The van der Waals surface area contributed by atoms with Crippen LogP contribution < -0.4 is 5.56 Å². The molecule has 0 saturated carbocycles. The second-order valence-electron chi connectivity index (χ2n) is 3.36. The Kier molecular flexibility index (Phi) is 4.03. The van der Waals surface area contributed by atoms with E-state index < -0.39 is 5.97 Å². The summed E-state index contributed by atoms with van der Waals surface area (Å²) in [6.07, 6.45) is 3.77. The number of carbonyl (C=O) groups is 1. The van der Waals surface area contributed by atoms with Gasteiger partial charge in [0.1, 0.15) is 5.82 Å². The van der Waals surface area contributed by atoms with Crippen LogP contribution in [-0.4, -0.2) is 21.0 Å². The van der Waals surface area contributed by atoms with Crippen molar-refractivity contribution in [2.45, 2.75) is 32.6 Å². The quantitative estimate of drug-likeness (QED) is 0.750. The summed E-state index contributed by atoms with van der Waals surface area (Å²) in [6.45, 7) is 2.05. The van der Waals surface area contributed by atoms with Crippen LogP contribution in [0.15, 0.2) is 11.0 Å². The molecule has 5 nitrogen and oxygen atoms in total. The van der Waals surface area contributed by atoms with Crippen molar-refractivity contribution in [2.24, 2.45) is 0 Å². The van der Waals surface area contributed by atoms with Crippen molar-refractivity contribution in [3.8, 4) is 0 Å². The van der Waals surface area contributed by atoms with Crippen molar-refractivity contribution in [3.63, 3.8) is 0 Å². The summed E-state index contributed by atoms with van der Waals surface area (Å²) >= 11 is 0. The van der Waals surface area contributed by atoms with Gasteiger partial charge in [-0.25, -0.2) is 4.98 Å². The first-order valence-electron chi connectivity index (χ1n) is 4.92. The highest BCUT2D eigenvalue weighted by Gasteiger charge is 2.06. The summed E-state index contributed by atoms with van der Waals surface area (Å²) in [4.78, 5) is 28.4. The van der Waals surface area contributed by atoms with E-state index >= 15 is 0 Å². The topological polar surface area (TPSA) is 83.0 Å². The van der Waals surface area contributed by atoms with Crippen LogP contribution in [0.3, 0.4) is 0 Å². The number of carboxylic acid groups (broad SMARTS) is 1. The molecule has 15 heavy (non-hydrogen) atoms. The highest BCUT2D eigenvalue weighted by atomic mass is 16.4. The molecule has 0 fully saturated rings. The Bertz CT molecular complexity index is 398. The van der Waals surface area contributed by atoms with Crippen LogP contribution >= 0.6 is 0 Å². The number of H-pyrrole nitrogens is 1. The largest absolute Gasteiger partial charge is 0.481 e. The van der Waals surface area contributed by atoms with E-state index in [-0.39, 0.29) is 17.5 Å². The zero-order valence-corrected chi connectivity index (χ0v) is 8.62. The number of rotatable bonds is 5. The molecule has 0 bridgehead atoms. The summed E-state index contributed by atoms with van der Waals surface area (Å²) in [7, 11) is 0. The maximum absolute atomic E-state index is 11.4. The zero-order chi connectivity index (χ0) is 11.3. The highest BCUT2D eigenvalue weighted by Crippen LogP contribution is 1.97. The van der Waals surface area contributed by atoms with Crippen molar-refractivity contribution in [3.05, 3.63) is 27.9 Å². The lowest BCUT2D eigenvalue weighted by Crippen LogP contribution is -2.18. The monoisotopic (exact) mass is 210 g/mol. The molecule has 5 heteroatoms. The van der Waals surface area contributed by atoms with Crippen molar-refractivity contribution in [1.82, 2.24) is 9.97 Å². The molecule has 0 aliphatic carbocycles. The second kappa shape index (κ2) is 5.29. The number of aliphatic carboxylic acids is 1. The van der Waals surface area contributed by atoms with Crippen LogP contribution in [0.2, 0.25) is 0 Å². The van der Waals surface area contributed by atoms with E-state index in [0.29, 0.717) is 5.82 Å². The molecule has 0 aliphatic heterocycles. The van der Waals surface area contributed by atoms with E-state index in [1.165, 1.54) is 6.20 Å². The summed E-state index contributed by atoms with van der Waals surface area (Å²) < 4.78 is 0. The molecule has 0 unspecified atom stereocenters. The fraction of sp³-hybridized carbons (Fsp3) is 0.500. The molecule has 0 aliphatic rings. The van der Waals surface area contributed by atoms with E-state index in [1.807, 2.05) is 0 Å². The molecule has 82 valence electrons. The van der Waals surface area contributed by atoms with Crippen molar-refractivity contribution < 1.29 is 9.90 Å². The molecule has 2 N–H and O–H groups in total. The number of hydrogen-bond acceptors (Lipinski definition) is 3. The number of unbranched alkanes of at least 4 members (excludes halogenated alkanes) is 1. The Morgan fingerprint density at radius 2 is 2.33 bits per heavy atom. The average Bonchev–Trinajstić information content (AvgIpc) is 2.18. The zero-order valence-electron chi connectivity index (χ0n) is 8.62. The predicted octanol–water partition coefficient (Wildman–Crippen LogP) is 0.740. The van der Waals surface area contributed by atoms with Crippen LogP contribution in [-0.2, 0) is 17.6 Å². The van der Waals surface area contributed by atoms with E-state index in [9.17, 15) is 9.59 Å². The van der Waals surface area contributed by atoms with Gasteiger partial charge in [-0.15, -0.1) is 0 Å². The van der Waals surface area contributed by atoms with Gasteiger partial charge in [-0.05, 0) is 6.42 Å². The number of nitrogens with one attached hydrogen (secondary N) is 1. The molecule has 0 aromatic carbocycles. The molecule has 0 atom stereocenters. The normalized spacial score (nSPS) is 10.2. The van der Waals surface area contributed by atoms with Gasteiger partial charge in [-0.1, -0.05) is 13.3 Å². The van der Waals surface area contributed by atoms with Gasteiger partial charge in [0, 0.05) is 18.2 Å². The van der Waals surface area contributed by atoms with Gasteiger partial charge < -0.3 is 10.1 Å². The van der Waals surface area contributed by atoms with Crippen LogP contribution in [0.25, 0.3) is 0 Å². The molecule has 0 radical (unpaired) electrons. The fourth-order valence-corrected chi connectivity index (χ4v) is 1.22. The van der Waals surface area contributed by atoms with Gasteiger partial charge in [-0.3, -0.25) is 9.59 Å². The van der Waals surface area contributed by atoms with Crippen LogP contribution in [0.1, 0.15) is 31.2 Å². The molecule has 1 aromatic heterocycles. The number of aromatic nitrogens is 2. The molecule has 1 rings (SSSR count). The standard InChI is InChI=1S/C10H14N2O3/c1-2-3-4-8-11-6-7(5-9(13)14)10(15)12-8/h6H,2-5H2,1H3,(H,13,14)(H,11,12,15). The molecule has 0 spiro atoms. The Labute approximate surface area is 87.2 Å². The van der Waals surface area contributed by atoms with E-state index in [0.717, 1.165) is 19.3 Å². The van der Waals surface area contributed by atoms with Gasteiger partial charge in [0.2, 0.25) is 0 Å². The first kappa shape index (κ1) is 11.4. The average molecular weight is 210 g/mol. The van der Waals surface area contributed by atoms with Crippen LogP contribution in [0.5, 0.6) is 0 Å².